The normalized spacial score (nSPS) is 11.3. The van der Waals surface area contributed by atoms with Gasteiger partial charge in [-0.1, -0.05) is 6.07 Å². The molecule has 0 bridgehead atoms. The number of anilines is 1. The molecule has 0 saturated heterocycles. The number of hydrogen-bond acceptors (Lipinski definition) is 6. The lowest BCUT2D eigenvalue weighted by Crippen LogP contribution is -2.29. The second kappa shape index (κ2) is 8.19. The maximum atomic E-state index is 12.5. The number of methoxy groups -OCH3 is 1. The molecule has 0 aliphatic heterocycles. The second-order valence-corrected chi connectivity index (χ2v) is 7.57. The van der Waals surface area contributed by atoms with Gasteiger partial charge in [0.2, 0.25) is 10.0 Å². The Hall–Kier alpha value is -2.91. The van der Waals surface area contributed by atoms with E-state index >= 15 is 0 Å². The van der Waals surface area contributed by atoms with Crippen molar-refractivity contribution in [3.8, 4) is 11.6 Å². The highest BCUT2D eigenvalue weighted by atomic mass is 32.2. The van der Waals surface area contributed by atoms with Crippen LogP contribution >= 0.6 is 0 Å². The number of sulfonamides is 1. The van der Waals surface area contributed by atoms with Gasteiger partial charge in [0.1, 0.15) is 28.6 Å². The molecule has 2 heterocycles. The number of benzene rings is 1. The number of aryl methyl sites for hydroxylation is 1. The van der Waals surface area contributed by atoms with Crippen LogP contribution in [-0.2, 0) is 10.0 Å². The minimum Gasteiger partial charge on any atom is -0.495 e. The molecule has 0 unspecified atom stereocenters. The molecule has 142 valence electrons. The molecule has 0 aliphatic carbocycles. The molecule has 8 nitrogen and oxygen atoms in total. The first-order valence-corrected chi connectivity index (χ1v) is 9.81. The summed E-state index contributed by atoms with van der Waals surface area (Å²) >= 11 is 0. The standard InChI is InChI=1S/C18H21N5O3S/c1-14-5-6-15(26-2)16(11-14)27(24,25)22-8-7-19-17-12-18(21-13-20-17)23-9-3-4-10-23/h3-6,9-13,22H,7-8H2,1-2H3,(H,19,20,21). The Morgan fingerprint density at radius 3 is 2.63 bits per heavy atom. The van der Waals surface area contributed by atoms with Crippen molar-refractivity contribution in [3.63, 3.8) is 0 Å². The third-order valence-electron chi connectivity index (χ3n) is 3.85. The summed E-state index contributed by atoms with van der Waals surface area (Å²) in [6.45, 7) is 2.40. The van der Waals surface area contributed by atoms with Crippen molar-refractivity contribution in [2.24, 2.45) is 0 Å². The largest absolute Gasteiger partial charge is 0.495 e. The lowest BCUT2D eigenvalue weighted by Gasteiger charge is -2.12. The molecule has 0 amide bonds. The molecule has 0 saturated carbocycles. The van der Waals surface area contributed by atoms with Gasteiger partial charge in [-0.05, 0) is 36.8 Å². The van der Waals surface area contributed by atoms with Crippen LogP contribution in [0.4, 0.5) is 5.82 Å². The summed E-state index contributed by atoms with van der Waals surface area (Å²) < 4.78 is 34.7. The Bertz CT molecular complexity index is 1000. The van der Waals surface area contributed by atoms with Crippen molar-refractivity contribution in [2.45, 2.75) is 11.8 Å². The van der Waals surface area contributed by atoms with Crippen molar-refractivity contribution >= 4 is 15.8 Å². The van der Waals surface area contributed by atoms with E-state index in [1.54, 1.807) is 24.3 Å². The average Bonchev–Trinajstić information content (AvgIpc) is 3.20. The molecule has 27 heavy (non-hydrogen) atoms. The van der Waals surface area contributed by atoms with Gasteiger partial charge in [-0.15, -0.1) is 0 Å². The van der Waals surface area contributed by atoms with Gasteiger partial charge in [0, 0.05) is 31.5 Å². The van der Waals surface area contributed by atoms with E-state index in [-0.39, 0.29) is 11.4 Å². The van der Waals surface area contributed by atoms with Gasteiger partial charge in [0.05, 0.1) is 7.11 Å². The molecule has 9 heteroatoms. The molecular weight excluding hydrogens is 366 g/mol. The van der Waals surface area contributed by atoms with Crippen molar-refractivity contribution in [1.82, 2.24) is 19.3 Å². The molecule has 0 radical (unpaired) electrons. The van der Waals surface area contributed by atoms with Crippen molar-refractivity contribution in [1.29, 1.82) is 0 Å². The molecule has 0 atom stereocenters. The van der Waals surface area contributed by atoms with Crippen LogP contribution < -0.4 is 14.8 Å². The SMILES string of the molecule is COc1ccc(C)cc1S(=O)(=O)NCCNc1cc(-n2cccc2)ncn1. The third-order valence-corrected chi connectivity index (χ3v) is 5.34. The maximum Gasteiger partial charge on any atom is 0.244 e. The fourth-order valence-electron chi connectivity index (χ4n) is 2.52. The molecule has 3 aromatic rings. The number of aromatic nitrogens is 3. The summed E-state index contributed by atoms with van der Waals surface area (Å²) in [5.74, 6) is 1.65. The number of hydrogen-bond donors (Lipinski definition) is 2. The lowest BCUT2D eigenvalue weighted by molar-refractivity contribution is 0.402. The summed E-state index contributed by atoms with van der Waals surface area (Å²) in [6.07, 6.45) is 5.23. The van der Waals surface area contributed by atoms with Crippen LogP contribution in [0.15, 0.2) is 60.0 Å². The highest BCUT2D eigenvalue weighted by molar-refractivity contribution is 7.89. The van der Waals surface area contributed by atoms with Gasteiger partial charge in [0.15, 0.2) is 0 Å². The van der Waals surface area contributed by atoms with Crippen LogP contribution in [-0.4, -0.2) is 43.2 Å². The molecule has 2 aromatic heterocycles. The van der Waals surface area contributed by atoms with Gasteiger partial charge in [0.25, 0.3) is 0 Å². The fraction of sp³-hybridized carbons (Fsp3) is 0.222. The first-order valence-electron chi connectivity index (χ1n) is 8.33. The summed E-state index contributed by atoms with van der Waals surface area (Å²) in [7, 11) is -2.23. The first-order chi connectivity index (χ1) is 13.0. The monoisotopic (exact) mass is 387 g/mol. The smallest absolute Gasteiger partial charge is 0.244 e. The Kier molecular flexibility index (Phi) is 5.72. The summed E-state index contributed by atoms with van der Waals surface area (Å²) in [6, 6.07) is 10.6. The van der Waals surface area contributed by atoms with Crippen LogP contribution in [0.25, 0.3) is 5.82 Å². The van der Waals surface area contributed by atoms with E-state index in [1.807, 2.05) is 36.0 Å². The average molecular weight is 387 g/mol. The quantitative estimate of drug-likeness (QED) is 0.574. The van der Waals surface area contributed by atoms with E-state index in [0.717, 1.165) is 11.4 Å². The molecule has 0 fully saturated rings. The van der Waals surface area contributed by atoms with Gasteiger partial charge in [-0.3, -0.25) is 0 Å². The maximum absolute atomic E-state index is 12.5. The van der Waals surface area contributed by atoms with Gasteiger partial charge >= 0.3 is 0 Å². The molecular formula is C18H21N5O3S. The second-order valence-electron chi connectivity index (χ2n) is 5.83. The molecule has 1 aromatic carbocycles. The van der Waals surface area contributed by atoms with E-state index in [1.165, 1.54) is 13.4 Å². The predicted molar refractivity (Wildman–Crippen MR) is 103 cm³/mol. The molecule has 0 aliphatic rings. The third kappa shape index (κ3) is 4.63. The highest BCUT2D eigenvalue weighted by Crippen LogP contribution is 2.24. The Morgan fingerprint density at radius 2 is 1.89 bits per heavy atom. The zero-order chi connectivity index (χ0) is 19.3. The molecule has 3 rings (SSSR count). The van der Waals surface area contributed by atoms with Crippen molar-refractivity contribution in [3.05, 3.63) is 60.7 Å². The van der Waals surface area contributed by atoms with Gasteiger partial charge < -0.3 is 14.6 Å². The number of ether oxygens (including phenoxy) is 1. The molecule has 2 N–H and O–H groups in total. The number of nitrogens with zero attached hydrogens (tertiary/aromatic N) is 3. The van der Waals surface area contributed by atoms with Crippen LogP contribution in [0.2, 0.25) is 0 Å². The predicted octanol–water partition coefficient (Wildman–Crippen LogP) is 1.97. The number of rotatable bonds is 8. The van der Waals surface area contributed by atoms with E-state index in [0.29, 0.717) is 18.1 Å². The minimum atomic E-state index is -3.68. The zero-order valence-electron chi connectivity index (χ0n) is 15.1. The fourth-order valence-corrected chi connectivity index (χ4v) is 3.80. The Labute approximate surface area is 158 Å². The Morgan fingerprint density at radius 1 is 1.11 bits per heavy atom. The van der Waals surface area contributed by atoms with Crippen LogP contribution in [0, 0.1) is 6.92 Å². The first kappa shape index (κ1) is 18.9. The van der Waals surface area contributed by atoms with E-state index < -0.39 is 10.0 Å². The van der Waals surface area contributed by atoms with Crippen LogP contribution in [0.1, 0.15) is 5.56 Å². The number of nitrogens with one attached hydrogen (secondary N) is 2. The lowest BCUT2D eigenvalue weighted by atomic mass is 10.2. The summed E-state index contributed by atoms with van der Waals surface area (Å²) in [4.78, 5) is 8.48. The Balaban J connectivity index is 1.60. The topological polar surface area (TPSA) is 98.1 Å². The van der Waals surface area contributed by atoms with Crippen molar-refractivity contribution in [2.75, 3.05) is 25.5 Å². The van der Waals surface area contributed by atoms with E-state index in [2.05, 4.69) is 20.0 Å². The summed E-state index contributed by atoms with van der Waals surface area (Å²) in [5, 5.41) is 3.09. The van der Waals surface area contributed by atoms with E-state index in [9.17, 15) is 8.42 Å². The molecule has 0 spiro atoms. The highest BCUT2D eigenvalue weighted by Gasteiger charge is 2.19. The van der Waals surface area contributed by atoms with Crippen LogP contribution in [0.3, 0.4) is 0 Å². The van der Waals surface area contributed by atoms with Gasteiger partial charge in [-0.25, -0.2) is 23.1 Å². The van der Waals surface area contributed by atoms with Crippen LogP contribution in [0.5, 0.6) is 5.75 Å². The minimum absolute atomic E-state index is 0.127. The van der Waals surface area contributed by atoms with Gasteiger partial charge in [-0.2, -0.15) is 0 Å². The zero-order valence-corrected chi connectivity index (χ0v) is 15.9. The van der Waals surface area contributed by atoms with E-state index in [4.69, 9.17) is 4.74 Å². The summed E-state index contributed by atoms with van der Waals surface area (Å²) in [5.41, 5.74) is 0.841. The van der Waals surface area contributed by atoms with Crippen molar-refractivity contribution < 1.29 is 13.2 Å².